The maximum Gasteiger partial charge on any atom is 0.227 e. The van der Waals surface area contributed by atoms with Crippen molar-refractivity contribution in [1.82, 2.24) is 5.32 Å². The topological polar surface area (TPSA) is 75.4 Å². The van der Waals surface area contributed by atoms with Crippen molar-refractivity contribution in [3.63, 3.8) is 0 Å². The molecule has 2 amide bonds. The maximum atomic E-state index is 12.0. The molecule has 1 aliphatic rings. The van der Waals surface area contributed by atoms with Crippen molar-refractivity contribution < 1.29 is 9.59 Å². The normalized spacial score (nSPS) is 17.5. The minimum atomic E-state index is -0.262. The van der Waals surface area contributed by atoms with Gasteiger partial charge in [-0.1, -0.05) is 17.7 Å². The number of benzene rings is 1. The van der Waals surface area contributed by atoms with Crippen LogP contribution in [0.25, 0.3) is 0 Å². The number of nitrogens with zero attached hydrogens (tertiary/aromatic N) is 1. The molecule has 1 unspecified atom stereocenters. The molecule has 0 bridgehead atoms. The average Bonchev–Trinajstić information content (AvgIpc) is 2.82. The van der Waals surface area contributed by atoms with Crippen molar-refractivity contribution in [1.29, 1.82) is 0 Å². The van der Waals surface area contributed by atoms with Gasteiger partial charge >= 0.3 is 0 Å². The van der Waals surface area contributed by atoms with Crippen LogP contribution in [-0.2, 0) is 9.59 Å². The fourth-order valence-corrected chi connectivity index (χ4v) is 2.32. The average molecular weight is 312 g/mol. The number of amides is 2. The number of halogens is 1. The Kier molecular flexibility index (Phi) is 6.65. The Balaban J connectivity index is 0.00000220. The van der Waals surface area contributed by atoms with Crippen LogP contribution < -0.4 is 16.0 Å². The van der Waals surface area contributed by atoms with Gasteiger partial charge in [-0.15, -0.1) is 12.4 Å². The van der Waals surface area contributed by atoms with Crippen LogP contribution >= 0.6 is 12.4 Å². The van der Waals surface area contributed by atoms with Gasteiger partial charge < -0.3 is 16.0 Å². The molecule has 6 heteroatoms. The van der Waals surface area contributed by atoms with E-state index in [-0.39, 0.29) is 36.6 Å². The van der Waals surface area contributed by atoms with Gasteiger partial charge in [-0.3, -0.25) is 9.59 Å². The number of anilines is 1. The van der Waals surface area contributed by atoms with Gasteiger partial charge in [0, 0.05) is 25.2 Å². The molecule has 1 fully saturated rings. The molecule has 0 aliphatic carbocycles. The summed E-state index contributed by atoms with van der Waals surface area (Å²) in [6, 6.07) is 7.78. The second kappa shape index (κ2) is 8.00. The largest absolute Gasteiger partial charge is 0.356 e. The highest BCUT2D eigenvalue weighted by Crippen LogP contribution is 2.25. The predicted octanol–water partition coefficient (Wildman–Crippen LogP) is 1.23. The minimum absolute atomic E-state index is 0. The first kappa shape index (κ1) is 17.5. The molecule has 1 saturated heterocycles. The molecule has 5 nitrogen and oxygen atoms in total. The molecular weight excluding hydrogens is 290 g/mol. The molecule has 1 aromatic carbocycles. The molecular formula is C15H22ClN3O2. The summed E-state index contributed by atoms with van der Waals surface area (Å²) < 4.78 is 0. The number of hydrogen-bond donors (Lipinski definition) is 2. The number of carbonyl (C=O) groups is 2. The Hall–Kier alpha value is -1.59. The highest BCUT2D eigenvalue weighted by molar-refractivity contribution is 6.00. The maximum absolute atomic E-state index is 12.0. The molecule has 2 rings (SSSR count). The number of rotatable bonds is 5. The number of hydrogen-bond acceptors (Lipinski definition) is 3. The second-order valence-corrected chi connectivity index (χ2v) is 5.17. The van der Waals surface area contributed by atoms with E-state index in [2.05, 4.69) is 5.32 Å². The van der Waals surface area contributed by atoms with Crippen LogP contribution in [0.15, 0.2) is 24.3 Å². The highest BCUT2D eigenvalue weighted by Gasteiger charge is 2.34. The quantitative estimate of drug-likeness (QED) is 0.803. The molecule has 1 aromatic rings. The van der Waals surface area contributed by atoms with E-state index in [1.54, 1.807) is 4.90 Å². The zero-order valence-electron chi connectivity index (χ0n) is 12.2. The molecule has 21 heavy (non-hydrogen) atoms. The SMILES string of the molecule is Cc1ccc(N2CC(C(=O)NCCCN)CC2=O)cc1.Cl. The first-order chi connectivity index (χ1) is 9.61. The van der Waals surface area contributed by atoms with Crippen molar-refractivity contribution in [2.45, 2.75) is 19.8 Å². The van der Waals surface area contributed by atoms with E-state index in [1.807, 2.05) is 31.2 Å². The molecule has 1 aliphatic heterocycles. The molecule has 0 radical (unpaired) electrons. The fraction of sp³-hybridized carbons (Fsp3) is 0.467. The van der Waals surface area contributed by atoms with Crippen LogP contribution in [-0.4, -0.2) is 31.4 Å². The molecule has 116 valence electrons. The van der Waals surface area contributed by atoms with Crippen molar-refractivity contribution in [3.8, 4) is 0 Å². The van der Waals surface area contributed by atoms with Gasteiger partial charge in [-0.2, -0.15) is 0 Å². The summed E-state index contributed by atoms with van der Waals surface area (Å²) in [6.45, 7) is 3.59. The van der Waals surface area contributed by atoms with Crippen LogP contribution in [0, 0.1) is 12.8 Å². The summed E-state index contributed by atoms with van der Waals surface area (Å²) in [5.41, 5.74) is 7.40. The van der Waals surface area contributed by atoms with E-state index in [4.69, 9.17) is 5.73 Å². The first-order valence-electron chi connectivity index (χ1n) is 6.96. The Bertz CT molecular complexity index is 490. The summed E-state index contributed by atoms with van der Waals surface area (Å²) >= 11 is 0. The smallest absolute Gasteiger partial charge is 0.227 e. The summed E-state index contributed by atoms with van der Waals surface area (Å²) in [4.78, 5) is 25.7. The Labute approximate surface area is 131 Å². The third-order valence-corrected chi connectivity index (χ3v) is 3.52. The zero-order chi connectivity index (χ0) is 14.5. The number of nitrogens with two attached hydrogens (primary N) is 1. The fourth-order valence-electron chi connectivity index (χ4n) is 2.32. The first-order valence-corrected chi connectivity index (χ1v) is 6.96. The summed E-state index contributed by atoms with van der Waals surface area (Å²) in [5, 5.41) is 2.83. The van der Waals surface area contributed by atoms with Gasteiger partial charge in [-0.25, -0.2) is 0 Å². The number of nitrogens with one attached hydrogen (secondary N) is 1. The lowest BCUT2D eigenvalue weighted by Gasteiger charge is -2.17. The third kappa shape index (κ3) is 4.44. The molecule has 1 heterocycles. The standard InChI is InChI=1S/C15H21N3O2.ClH/c1-11-3-5-13(6-4-11)18-10-12(9-14(18)19)15(20)17-8-2-7-16;/h3-6,12H,2,7-10,16H2,1H3,(H,17,20);1H. The van der Waals surface area contributed by atoms with Crippen molar-refractivity contribution in [2.75, 3.05) is 24.5 Å². The molecule has 0 aromatic heterocycles. The Morgan fingerprint density at radius 2 is 2.05 bits per heavy atom. The Morgan fingerprint density at radius 3 is 2.67 bits per heavy atom. The van der Waals surface area contributed by atoms with Crippen LogP contribution in [0.2, 0.25) is 0 Å². The van der Waals surface area contributed by atoms with Gasteiger partial charge in [0.1, 0.15) is 0 Å². The second-order valence-electron chi connectivity index (χ2n) is 5.17. The lowest BCUT2D eigenvalue weighted by molar-refractivity contribution is -0.126. The summed E-state index contributed by atoms with van der Waals surface area (Å²) in [7, 11) is 0. The summed E-state index contributed by atoms with van der Waals surface area (Å²) in [5.74, 6) is -0.309. The lowest BCUT2D eigenvalue weighted by atomic mass is 10.1. The van der Waals surface area contributed by atoms with Crippen molar-refractivity contribution in [3.05, 3.63) is 29.8 Å². The van der Waals surface area contributed by atoms with E-state index >= 15 is 0 Å². The van der Waals surface area contributed by atoms with E-state index in [0.717, 1.165) is 17.7 Å². The molecule has 3 N–H and O–H groups in total. The minimum Gasteiger partial charge on any atom is -0.356 e. The molecule has 1 atom stereocenters. The predicted molar refractivity (Wildman–Crippen MR) is 85.6 cm³/mol. The molecule has 0 spiro atoms. The van der Waals surface area contributed by atoms with Crippen LogP contribution in [0.5, 0.6) is 0 Å². The van der Waals surface area contributed by atoms with E-state index < -0.39 is 0 Å². The third-order valence-electron chi connectivity index (χ3n) is 3.52. The van der Waals surface area contributed by atoms with E-state index in [9.17, 15) is 9.59 Å². The van der Waals surface area contributed by atoms with Crippen LogP contribution in [0.4, 0.5) is 5.69 Å². The van der Waals surface area contributed by atoms with Gasteiger partial charge in [0.25, 0.3) is 0 Å². The van der Waals surface area contributed by atoms with Crippen molar-refractivity contribution >= 4 is 29.9 Å². The van der Waals surface area contributed by atoms with Crippen LogP contribution in [0.3, 0.4) is 0 Å². The number of aryl methyl sites for hydroxylation is 1. The monoisotopic (exact) mass is 311 g/mol. The van der Waals surface area contributed by atoms with E-state index in [0.29, 0.717) is 19.6 Å². The highest BCUT2D eigenvalue weighted by atomic mass is 35.5. The zero-order valence-corrected chi connectivity index (χ0v) is 13.0. The van der Waals surface area contributed by atoms with Gasteiger partial charge in [0.2, 0.25) is 11.8 Å². The van der Waals surface area contributed by atoms with Gasteiger partial charge in [0.05, 0.1) is 5.92 Å². The van der Waals surface area contributed by atoms with E-state index in [1.165, 1.54) is 0 Å². The molecule has 0 saturated carbocycles. The van der Waals surface area contributed by atoms with Gasteiger partial charge in [-0.05, 0) is 32.0 Å². The lowest BCUT2D eigenvalue weighted by Crippen LogP contribution is -2.34. The van der Waals surface area contributed by atoms with Gasteiger partial charge in [0.15, 0.2) is 0 Å². The van der Waals surface area contributed by atoms with Crippen molar-refractivity contribution in [2.24, 2.45) is 11.7 Å². The Morgan fingerprint density at radius 1 is 1.38 bits per heavy atom. The summed E-state index contributed by atoms with van der Waals surface area (Å²) in [6.07, 6.45) is 1.04. The van der Waals surface area contributed by atoms with Crippen LogP contribution in [0.1, 0.15) is 18.4 Å². The number of carbonyl (C=O) groups excluding carboxylic acids is 2.